The third-order valence-electron chi connectivity index (χ3n) is 5.29. The first-order valence-electron chi connectivity index (χ1n) is 9.11. The predicted molar refractivity (Wildman–Crippen MR) is 102 cm³/mol. The maximum Gasteiger partial charge on any atom is 0.255 e. The van der Waals surface area contributed by atoms with Gasteiger partial charge >= 0.3 is 0 Å². The van der Waals surface area contributed by atoms with Crippen LogP contribution in [0, 0.1) is 20.8 Å². The van der Waals surface area contributed by atoms with Gasteiger partial charge in [0.05, 0.1) is 12.0 Å². The van der Waals surface area contributed by atoms with Gasteiger partial charge in [0.1, 0.15) is 0 Å². The Bertz CT molecular complexity index is 830. The Kier molecular flexibility index (Phi) is 5.16. The normalized spacial score (nSPS) is 14.6. The fourth-order valence-electron chi connectivity index (χ4n) is 3.46. The van der Waals surface area contributed by atoms with Crippen molar-refractivity contribution in [1.29, 1.82) is 0 Å². The van der Waals surface area contributed by atoms with Crippen LogP contribution in [0.25, 0.3) is 0 Å². The number of benzene rings is 1. The van der Waals surface area contributed by atoms with Gasteiger partial charge in [-0.1, -0.05) is 12.1 Å². The minimum absolute atomic E-state index is 0.0442. The van der Waals surface area contributed by atoms with Gasteiger partial charge < -0.3 is 14.4 Å². The van der Waals surface area contributed by atoms with E-state index in [2.05, 4.69) is 32.9 Å². The molecule has 0 unspecified atom stereocenters. The van der Waals surface area contributed by atoms with Gasteiger partial charge in [-0.05, 0) is 49.1 Å². The number of aromatic nitrogens is 1. The van der Waals surface area contributed by atoms with E-state index in [9.17, 15) is 9.59 Å². The van der Waals surface area contributed by atoms with Crippen LogP contribution < -0.4 is 0 Å². The van der Waals surface area contributed by atoms with Gasteiger partial charge in [0.25, 0.3) is 5.91 Å². The van der Waals surface area contributed by atoms with Gasteiger partial charge in [0, 0.05) is 45.6 Å². The Morgan fingerprint density at radius 2 is 1.54 bits per heavy atom. The molecule has 0 saturated carbocycles. The lowest BCUT2D eigenvalue weighted by Gasteiger charge is -2.34. The van der Waals surface area contributed by atoms with E-state index in [4.69, 9.17) is 0 Å². The number of hydrogen-bond acceptors (Lipinski definition) is 2. The van der Waals surface area contributed by atoms with Crippen molar-refractivity contribution < 1.29 is 9.59 Å². The minimum atomic E-state index is 0.0442. The SMILES string of the molecule is Cc1cc(C)c(CC(=O)N2CCN(C(=O)c3ccn(C)c3)CC2)cc1C. The lowest BCUT2D eigenvalue weighted by atomic mass is 9.98. The molecule has 26 heavy (non-hydrogen) atoms. The van der Waals surface area contributed by atoms with Crippen LogP contribution in [0.3, 0.4) is 0 Å². The standard InChI is InChI=1S/C21H27N3O2/c1-15-11-17(3)19(12-16(15)2)13-20(25)23-7-9-24(10-8-23)21(26)18-5-6-22(4)14-18/h5-6,11-12,14H,7-10,13H2,1-4H3. The Labute approximate surface area is 155 Å². The van der Waals surface area contributed by atoms with E-state index >= 15 is 0 Å². The molecule has 0 aliphatic carbocycles. The Balaban J connectivity index is 1.58. The number of rotatable bonds is 3. The summed E-state index contributed by atoms with van der Waals surface area (Å²) in [4.78, 5) is 28.9. The Hall–Kier alpha value is -2.56. The first-order valence-corrected chi connectivity index (χ1v) is 9.11. The topological polar surface area (TPSA) is 45.6 Å². The van der Waals surface area contributed by atoms with Crippen LogP contribution in [0.1, 0.15) is 32.6 Å². The summed E-state index contributed by atoms with van der Waals surface area (Å²) < 4.78 is 1.87. The lowest BCUT2D eigenvalue weighted by molar-refractivity contribution is -0.131. The molecule has 0 radical (unpaired) electrons. The Morgan fingerprint density at radius 3 is 2.15 bits per heavy atom. The van der Waals surface area contributed by atoms with Crippen molar-refractivity contribution in [3.05, 3.63) is 58.4 Å². The highest BCUT2D eigenvalue weighted by atomic mass is 16.2. The lowest BCUT2D eigenvalue weighted by Crippen LogP contribution is -2.51. The van der Waals surface area contributed by atoms with Crippen molar-refractivity contribution in [2.24, 2.45) is 7.05 Å². The van der Waals surface area contributed by atoms with Crippen LogP contribution in [0.4, 0.5) is 0 Å². The third-order valence-corrected chi connectivity index (χ3v) is 5.29. The summed E-state index contributed by atoms with van der Waals surface area (Å²) in [5, 5.41) is 0. The van der Waals surface area contributed by atoms with Crippen LogP contribution in [0.15, 0.2) is 30.6 Å². The zero-order valence-corrected chi connectivity index (χ0v) is 16.1. The molecule has 2 amide bonds. The quantitative estimate of drug-likeness (QED) is 0.851. The van der Waals surface area contributed by atoms with E-state index in [-0.39, 0.29) is 11.8 Å². The zero-order chi connectivity index (χ0) is 18.8. The number of aryl methyl sites for hydroxylation is 4. The second-order valence-corrected chi connectivity index (χ2v) is 7.28. The average Bonchev–Trinajstić information content (AvgIpc) is 3.05. The van der Waals surface area contributed by atoms with Crippen molar-refractivity contribution in [1.82, 2.24) is 14.4 Å². The van der Waals surface area contributed by atoms with E-state index in [0.717, 1.165) is 5.56 Å². The molecule has 2 heterocycles. The van der Waals surface area contributed by atoms with Crippen molar-refractivity contribution >= 4 is 11.8 Å². The molecule has 3 rings (SSSR count). The largest absolute Gasteiger partial charge is 0.356 e. The molecule has 1 aromatic heterocycles. The molecule has 0 spiro atoms. The Morgan fingerprint density at radius 1 is 0.923 bits per heavy atom. The highest BCUT2D eigenvalue weighted by molar-refractivity contribution is 5.94. The summed E-state index contributed by atoms with van der Waals surface area (Å²) in [6, 6.07) is 6.11. The van der Waals surface area contributed by atoms with Crippen molar-refractivity contribution in [3.8, 4) is 0 Å². The van der Waals surface area contributed by atoms with Crippen LogP contribution in [-0.2, 0) is 18.3 Å². The molecule has 1 fully saturated rings. The molecular weight excluding hydrogens is 326 g/mol. The van der Waals surface area contributed by atoms with Crippen LogP contribution in [0.5, 0.6) is 0 Å². The molecule has 2 aromatic rings. The molecule has 1 aliphatic heterocycles. The van der Waals surface area contributed by atoms with E-state index in [1.165, 1.54) is 16.7 Å². The molecule has 5 nitrogen and oxygen atoms in total. The molecule has 0 atom stereocenters. The van der Waals surface area contributed by atoms with Gasteiger partial charge in [-0.25, -0.2) is 0 Å². The number of piperazine rings is 1. The number of hydrogen-bond donors (Lipinski definition) is 0. The summed E-state index contributed by atoms with van der Waals surface area (Å²) in [7, 11) is 1.90. The second kappa shape index (κ2) is 7.36. The monoisotopic (exact) mass is 353 g/mol. The van der Waals surface area contributed by atoms with Gasteiger partial charge in [0.15, 0.2) is 0 Å². The third kappa shape index (κ3) is 3.82. The second-order valence-electron chi connectivity index (χ2n) is 7.28. The first-order chi connectivity index (χ1) is 12.3. The van der Waals surface area contributed by atoms with E-state index < -0.39 is 0 Å². The van der Waals surface area contributed by atoms with E-state index in [1.807, 2.05) is 39.9 Å². The summed E-state index contributed by atoms with van der Waals surface area (Å²) in [5.74, 6) is 0.186. The van der Waals surface area contributed by atoms with Crippen molar-refractivity contribution in [3.63, 3.8) is 0 Å². The first kappa shape index (κ1) is 18.2. The molecule has 138 valence electrons. The average molecular weight is 353 g/mol. The molecule has 1 saturated heterocycles. The maximum atomic E-state index is 12.7. The summed E-state index contributed by atoms with van der Waals surface area (Å²) >= 11 is 0. The smallest absolute Gasteiger partial charge is 0.255 e. The summed E-state index contributed by atoms with van der Waals surface area (Å²) in [6.45, 7) is 8.61. The molecule has 0 bridgehead atoms. The number of amides is 2. The van der Waals surface area contributed by atoms with Crippen molar-refractivity contribution in [2.75, 3.05) is 26.2 Å². The van der Waals surface area contributed by atoms with E-state index in [0.29, 0.717) is 38.2 Å². The van der Waals surface area contributed by atoms with Gasteiger partial charge in [0.2, 0.25) is 5.91 Å². The van der Waals surface area contributed by atoms with Gasteiger partial charge in [-0.15, -0.1) is 0 Å². The minimum Gasteiger partial charge on any atom is -0.356 e. The molecule has 1 aliphatic rings. The molecular formula is C21H27N3O2. The van der Waals surface area contributed by atoms with Crippen molar-refractivity contribution in [2.45, 2.75) is 27.2 Å². The number of carbonyl (C=O) groups is 2. The van der Waals surface area contributed by atoms with Gasteiger partial charge in [-0.2, -0.15) is 0 Å². The highest BCUT2D eigenvalue weighted by Crippen LogP contribution is 2.17. The molecule has 1 aromatic carbocycles. The fourth-order valence-corrected chi connectivity index (χ4v) is 3.46. The predicted octanol–water partition coefficient (Wildman–Crippen LogP) is 2.48. The fraction of sp³-hybridized carbons (Fsp3) is 0.429. The van der Waals surface area contributed by atoms with Gasteiger partial charge in [-0.3, -0.25) is 9.59 Å². The highest BCUT2D eigenvalue weighted by Gasteiger charge is 2.25. The molecule has 0 N–H and O–H groups in total. The summed E-state index contributed by atoms with van der Waals surface area (Å²) in [5.41, 5.74) is 5.45. The molecule has 5 heteroatoms. The number of carbonyl (C=O) groups excluding carboxylic acids is 2. The van der Waals surface area contributed by atoms with E-state index in [1.54, 1.807) is 0 Å². The zero-order valence-electron chi connectivity index (χ0n) is 16.1. The maximum absolute atomic E-state index is 12.7. The van der Waals surface area contributed by atoms with Crippen LogP contribution in [-0.4, -0.2) is 52.4 Å². The summed E-state index contributed by atoms with van der Waals surface area (Å²) in [6.07, 6.45) is 4.14. The number of nitrogens with zero attached hydrogens (tertiary/aromatic N) is 3. The van der Waals surface area contributed by atoms with Crippen LogP contribution >= 0.6 is 0 Å². The van der Waals surface area contributed by atoms with Crippen LogP contribution in [0.2, 0.25) is 0 Å².